The molecule has 0 saturated heterocycles. The van der Waals surface area contributed by atoms with Crippen LogP contribution in [-0.2, 0) is 0 Å². The molecule has 1 aromatic heterocycles. The Morgan fingerprint density at radius 1 is 0.742 bits per heavy atom. The largest absolute Gasteiger partial charge is 0.372 e. The maximum atomic E-state index is 5.21. The number of para-hydroxylation sites is 1. The van der Waals surface area contributed by atoms with Gasteiger partial charge in [0.15, 0.2) is 0 Å². The first-order valence-electron chi connectivity index (χ1n) is 12.0. The summed E-state index contributed by atoms with van der Waals surface area (Å²) in [6.45, 7) is 9.12. The quantitative estimate of drug-likeness (QED) is 0.423. The molecule has 4 rings (SSSR count). The second kappa shape index (κ2) is 9.68. The van der Waals surface area contributed by atoms with Crippen LogP contribution in [0.15, 0.2) is 66.7 Å². The van der Waals surface area contributed by atoms with Crippen molar-refractivity contribution in [2.75, 3.05) is 5.32 Å². The fourth-order valence-corrected chi connectivity index (χ4v) is 4.91. The first-order valence-corrected chi connectivity index (χ1v) is 12.0. The molecule has 0 spiro atoms. The topological polar surface area (TPSA) is 24.9 Å². The zero-order chi connectivity index (χ0) is 21.8. The highest BCUT2D eigenvalue weighted by atomic mass is 15.0. The molecule has 0 radical (unpaired) electrons. The van der Waals surface area contributed by atoms with Gasteiger partial charge in [-0.1, -0.05) is 95.1 Å². The van der Waals surface area contributed by atoms with Gasteiger partial charge < -0.3 is 5.32 Å². The van der Waals surface area contributed by atoms with E-state index in [1.807, 2.05) is 0 Å². The Balaban J connectivity index is 1.79. The number of aromatic nitrogens is 1. The van der Waals surface area contributed by atoms with Gasteiger partial charge in [0.25, 0.3) is 0 Å². The van der Waals surface area contributed by atoms with Gasteiger partial charge in [0.1, 0.15) is 0 Å². The molecule has 0 bridgehead atoms. The molecule has 3 aromatic rings. The summed E-state index contributed by atoms with van der Waals surface area (Å²) in [6.07, 6.45) is 5.20. The summed E-state index contributed by atoms with van der Waals surface area (Å²) in [5.41, 5.74) is 7.65. The van der Waals surface area contributed by atoms with E-state index in [9.17, 15) is 0 Å². The Bertz CT molecular complexity index is 958. The van der Waals surface area contributed by atoms with Gasteiger partial charge >= 0.3 is 0 Å². The van der Waals surface area contributed by atoms with Crippen molar-refractivity contribution in [2.45, 2.75) is 77.2 Å². The van der Waals surface area contributed by atoms with Gasteiger partial charge in [-0.3, -0.25) is 4.98 Å². The van der Waals surface area contributed by atoms with Gasteiger partial charge in [-0.25, -0.2) is 0 Å². The molecule has 0 aliphatic heterocycles. The maximum Gasteiger partial charge on any atom is 0.0940 e. The number of anilines is 1. The van der Waals surface area contributed by atoms with Crippen LogP contribution in [0.1, 0.15) is 105 Å². The first-order chi connectivity index (χ1) is 15.0. The molecule has 1 fully saturated rings. The van der Waals surface area contributed by atoms with Crippen molar-refractivity contribution < 1.29 is 0 Å². The van der Waals surface area contributed by atoms with Gasteiger partial charge in [-0.15, -0.1) is 0 Å². The first kappa shape index (κ1) is 21.6. The second-order valence-corrected chi connectivity index (χ2v) is 9.58. The molecule has 1 N–H and O–H groups in total. The molecule has 0 amide bonds. The average Bonchev–Trinajstić information content (AvgIpc) is 3.33. The van der Waals surface area contributed by atoms with Crippen molar-refractivity contribution in [3.05, 3.63) is 94.8 Å². The van der Waals surface area contributed by atoms with Gasteiger partial charge in [0.2, 0.25) is 0 Å². The summed E-state index contributed by atoms with van der Waals surface area (Å²) in [5.74, 6) is 1.52. The number of hydrogen-bond donors (Lipinski definition) is 1. The molecule has 2 nitrogen and oxygen atoms in total. The molecule has 2 heteroatoms. The third-order valence-electron chi connectivity index (χ3n) is 6.66. The van der Waals surface area contributed by atoms with Gasteiger partial charge in [-0.05, 0) is 53.5 Å². The van der Waals surface area contributed by atoms with Crippen molar-refractivity contribution in [1.82, 2.24) is 4.98 Å². The zero-order valence-electron chi connectivity index (χ0n) is 19.4. The highest BCUT2D eigenvalue weighted by Crippen LogP contribution is 2.38. The highest BCUT2D eigenvalue weighted by Gasteiger charge is 2.23. The number of rotatable bonds is 7. The monoisotopic (exact) mass is 412 g/mol. The molecule has 1 saturated carbocycles. The summed E-state index contributed by atoms with van der Waals surface area (Å²) in [6, 6.07) is 24.2. The van der Waals surface area contributed by atoms with Crippen LogP contribution >= 0.6 is 0 Å². The molecule has 1 aliphatic carbocycles. The van der Waals surface area contributed by atoms with Gasteiger partial charge in [-0.2, -0.15) is 0 Å². The lowest BCUT2D eigenvalue weighted by molar-refractivity contribution is 0.687. The summed E-state index contributed by atoms with van der Waals surface area (Å²) in [5, 5.41) is 3.97. The molecular weight excluding hydrogens is 376 g/mol. The summed E-state index contributed by atoms with van der Waals surface area (Å²) in [4.78, 5) is 5.21. The average molecular weight is 413 g/mol. The Labute approximate surface area is 188 Å². The SMILES string of the molecule is CC(C)c1cccc(C(C)C)c1NC(c1ccccc1)c1cccc(C2CCCC2)n1. The Morgan fingerprint density at radius 2 is 1.35 bits per heavy atom. The normalized spacial score (nSPS) is 15.5. The summed E-state index contributed by atoms with van der Waals surface area (Å²) >= 11 is 0. The third kappa shape index (κ3) is 4.84. The molecule has 1 unspecified atom stereocenters. The number of hydrogen-bond acceptors (Lipinski definition) is 2. The maximum absolute atomic E-state index is 5.21. The Kier molecular flexibility index (Phi) is 6.75. The van der Waals surface area contributed by atoms with Crippen LogP contribution in [0.25, 0.3) is 0 Å². The minimum Gasteiger partial charge on any atom is -0.372 e. The van der Waals surface area contributed by atoms with E-state index in [1.165, 1.54) is 53.8 Å². The van der Waals surface area contributed by atoms with Crippen LogP contribution in [0, 0.1) is 0 Å². The Morgan fingerprint density at radius 3 is 1.97 bits per heavy atom. The van der Waals surface area contributed by atoms with E-state index in [-0.39, 0.29) is 6.04 Å². The van der Waals surface area contributed by atoms with Crippen molar-refractivity contribution in [2.24, 2.45) is 0 Å². The van der Waals surface area contributed by atoms with Crippen molar-refractivity contribution >= 4 is 5.69 Å². The van der Waals surface area contributed by atoms with Crippen molar-refractivity contribution in [3.63, 3.8) is 0 Å². The standard InChI is InChI=1S/C29H36N2/c1-20(2)24-16-10-17-25(21(3)4)29(24)31-28(23-14-6-5-7-15-23)27-19-11-18-26(30-27)22-12-8-9-13-22/h5-7,10-11,14-22,28,31H,8-9,12-13H2,1-4H3. The van der Waals surface area contributed by atoms with Gasteiger partial charge in [0.05, 0.1) is 11.7 Å². The molecule has 1 heterocycles. The lowest BCUT2D eigenvalue weighted by atomic mass is 9.91. The van der Waals surface area contributed by atoms with Crippen LogP contribution < -0.4 is 5.32 Å². The second-order valence-electron chi connectivity index (χ2n) is 9.58. The van der Waals surface area contributed by atoms with E-state index in [0.29, 0.717) is 17.8 Å². The molecule has 2 aromatic carbocycles. The third-order valence-corrected chi connectivity index (χ3v) is 6.66. The smallest absolute Gasteiger partial charge is 0.0940 e. The van der Waals surface area contributed by atoms with E-state index in [0.717, 1.165) is 5.69 Å². The predicted octanol–water partition coefficient (Wildman–Crippen LogP) is 8.19. The lowest BCUT2D eigenvalue weighted by Gasteiger charge is -2.27. The van der Waals surface area contributed by atoms with E-state index < -0.39 is 0 Å². The van der Waals surface area contributed by atoms with Crippen LogP contribution in [0.3, 0.4) is 0 Å². The van der Waals surface area contributed by atoms with Crippen LogP contribution in [0.5, 0.6) is 0 Å². The molecular formula is C29H36N2. The van der Waals surface area contributed by atoms with Crippen molar-refractivity contribution in [3.8, 4) is 0 Å². The molecule has 1 atom stereocenters. The van der Waals surface area contributed by atoms with E-state index in [2.05, 4.69) is 99.7 Å². The fraction of sp³-hybridized carbons (Fsp3) is 0.414. The van der Waals surface area contributed by atoms with E-state index >= 15 is 0 Å². The summed E-state index contributed by atoms with van der Waals surface area (Å²) in [7, 11) is 0. The predicted molar refractivity (Wildman–Crippen MR) is 132 cm³/mol. The van der Waals surface area contributed by atoms with Crippen LogP contribution in [0.4, 0.5) is 5.69 Å². The zero-order valence-corrected chi connectivity index (χ0v) is 19.4. The molecule has 31 heavy (non-hydrogen) atoms. The van der Waals surface area contributed by atoms with E-state index in [4.69, 9.17) is 4.98 Å². The Hall–Kier alpha value is -2.61. The van der Waals surface area contributed by atoms with E-state index in [1.54, 1.807) is 0 Å². The molecule has 1 aliphatic rings. The summed E-state index contributed by atoms with van der Waals surface area (Å²) < 4.78 is 0. The number of nitrogens with one attached hydrogen (secondary N) is 1. The number of benzene rings is 2. The van der Waals surface area contributed by atoms with Crippen LogP contribution in [-0.4, -0.2) is 4.98 Å². The highest BCUT2D eigenvalue weighted by molar-refractivity contribution is 5.62. The fourth-order valence-electron chi connectivity index (χ4n) is 4.91. The lowest BCUT2D eigenvalue weighted by Crippen LogP contribution is -2.18. The molecule has 162 valence electrons. The van der Waals surface area contributed by atoms with Gasteiger partial charge in [0, 0.05) is 17.3 Å². The number of nitrogens with zero attached hydrogens (tertiary/aromatic N) is 1. The minimum absolute atomic E-state index is 0.0277. The minimum atomic E-state index is 0.0277. The number of pyridine rings is 1. The van der Waals surface area contributed by atoms with Crippen LogP contribution in [0.2, 0.25) is 0 Å². The van der Waals surface area contributed by atoms with Crippen molar-refractivity contribution in [1.29, 1.82) is 0 Å².